The molecule has 0 aliphatic rings. The van der Waals surface area contributed by atoms with Crippen LogP contribution in [0.15, 0.2) is 94.7 Å². The highest BCUT2D eigenvalue weighted by atomic mass is 32.3. The number of rotatable bonds is 5. The summed E-state index contributed by atoms with van der Waals surface area (Å²) in [7, 11) is -9.00. The summed E-state index contributed by atoms with van der Waals surface area (Å²) in [5, 5.41) is 9.37. The molecule has 0 spiro atoms. The van der Waals surface area contributed by atoms with Crippen molar-refractivity contribution in [2.45, 2.75) is 9.79 Å². The molecule has 0 saturated carbocycles. The Morgan fingerprint density at radius 1 is 0.630 bits per heavy atom. The summed E-state index contributed by atoms with van der Waals surface area (Å²) in [4.78, 5) is -0.394. The number of anilines is 1. The number of benzene rings is 3. The fourth-order valence-corrected chi connectivity index (χ4v) is 6.26. The molecule has 3 rings (SSSR count). The molecule has 8 heteroatoms. The van der Waals surface area contributed by atoms with Crippen LogP contribution < -0.4 is 3.71 Å². The molecule has 0 aromatic heterocycles. The summed E-state index contributed by atoms with van der Waals surface area (Å²) in [5.41, 5.74) is -0.302. The second kappa shape index (κ2) is 7.23. The fraction of sp³-hybridized carbons (Fsp3) is 0. The van der Waals surface area contributed by atoms with Gasteiger partial charge in [-0.2, -0.15) is 8.97 Å². The Labute approximate surface area is 158 Å². The average Bonchev–Trinajstić information content (AvgIpc) is 2.69. The minimum Gasteiger partial charge on any atom is -0.200 e. The van der Waals surface area contributed by atoms with Crippen LogP contribution in [0.4, 0.5) is 5.69 Å². The number of para-hydroxylation sites is 1. The van der Waals surface area contributed by atoms with Gasteiger partial charge in [0.05, 0.1) is 21.0 Å². The van der Waals surface area contributed by atoms with Crippen molar-refractivity contribution in [2.75, 3.05) is 3.71 Å². The molecule has 3 aromatic rings. The monoisotopic (exact) mass is 398 g/mol. The van der Waals surface area contributed by atoms with Crippen LogP contribution in [0.5, 0.6) is 0 Å². The van der Waals surface area contributed by atoms with Crippen molar-refractivity contribution in [1.82, 2.24) is 0 Å². The Kier molecular flexibility index (Phi) is 4.99. The van der Waals surface area contributed by atoms with Crippen LogP contribution in [0, 0.1) is 11.3 Å². The van der Waals surface area contributed by atoms with Crippen LogP contribution in [0.3, 0.4) is 0 Å². The predicted molar refractivity (Wildman–Crippen MR) is 101 cm³/mol. The predicted octanol–water partition coefficient (Wildman–Crippen LogP) is 3.14. The third kappa shape index (κ3) is 3.43. The highest BCUT2D eigenvalue weighted by Gasteiger charge is 2.38. The van der Waals surface area contributed by atoms with Crippen molar-refractivity contribution < 1.29 is 16.8 Å². The molecule has 3 aromatic carbocycles. The second-order valence-corrected chi connectivity index (χ2v) is 9.27. The first-order valence-corrected chi connectivity index (χ1v) is 10.7. The first-order valence-electron chi connectivity index (χ1n) is 7.79. The number of hydrogen-bond acceptors (Lipinski definition) is 5. The first-order chi connectivity index (χ1) is 12.9. The maximum atomic E-state index is 13.3. The fourth-order valence-electron chi connectivity index (χ4n) is 2.49. The molecule has 0 atom stereocenters. The maximum absolute atomic E-state index is 13.3. The van der Waals surface area contributed by atoms with Gasteiger partial charge in [-0.05, 0) is 36.4 Å². The zero-order chi connectivity index (χ0) is 19.5. The average molecular weight is 398 g/mol. The van der Waals surface area contributed by atoms with Gasteiger partial charge in [-0.15, -0.1) is 0 Å². The summed E-state index contributed by atoms with van der Waals surface area (Å²) in [6.45, 7) is 0. The third-order valence-corrected chi connectivity index (χ3v) is 7.92. The van der Waals surface area contributed by atoms with Crippen LogP contribution in [0.25, 0.3) is 0 Å². The lowest BCUT2D eigenvalue weighted by molar-refractivity contribution is 0.584. The van der Waals surface area contributed by atoms with Crippen LogP contribution in [0.2, 0.25) is 0 Å². The largest absolute Gasteiger partial charge is 0.277 e. The van der Waals surface area contributed by atoms with E-state index in [1.165, 1.54) is 72.8 Å². The van der Waals surface area contributed by atoms with Crippen molar-refractivity contribution in [3.63, 3.8) is 0 Å². The summed E-state index contributed by atoms with van der Waals surface area (Å²) in [6.07, 6.45) is 0. The van der Waals surface area contributed by atoms with Crippen molar-refractivity contribution >= 4 is 25.7 Å². The molecule has 0 amide bonds. The molecule has 0 aliphatic carbocycles. The Bertz CT molecular complexity index is 1130. The second-order valence-electron chi connectivity index (χ2n) is 5.46. The third-order valence-electron chi connectivity index (χ3n) is 3.74. The maximum Gasteiger partial charge on any atom is 0.277 e. The van der Waals surface area contributed by atoms with Crippen molar-refractivity contribution in [3.05, 3.63) is 90.5 Å². The van der Waals surface area contributed by atoms with Crippen LogP contribution in [0.1, 0.15) is 5.56 Å². The summed E-state index contributed by atoms with van der Waals surface area (Å²) < 4.78 is 53.4. The molecule has 0 heterocycles. The highest BCUT2D eigenvalue weighted by molar-refractivity contribution is 8.10. The molecule has 0 unspecified atom stereocenters. The van der Waals surface area contributed by atoms with Gasteiger partial charge in [0.2, 0.25) is 0 Å². The van der Waals surface area contributed by atoms with Crippen LogP contribution in [-0.4, -0.2) is 16.8 Å². The van der Waals surface area contributed by atoms with E-state index >= 15 is 0 Å². The van der Waals surface area contributed by atoms with Gasteiger partial charge < -0.3 is 0 Å². The zero-order valence-corrected chi connectivity index (χ0v) is 15.6. The summed E-state index contributed by atoms with van der Waals surface area (Å²) in [6, 6.07) is 22.0. The Morgan fingerprint density at radius 2 is 1.04 bits per heavy atom. The molecule has 0 N–H and O–H groups in total. The molecular formula is C19H14N2O4S2. The van der Waals surface area contributed by atoms with Gasteiger partial charge in [-0.3, -0.25) is 0 Å². The van der Waals surface area contributed by atoms with E-state index in [9.17, 15) is 22.1 Å². The molecule has 6 nitrogen and oxygen atoms in total. The molecule has 136 valence electrons. The normalized spacial score (nSPS) is 11.5. The van der Waals surface area contributed by atoms with E-state index in [1.54, 1.807) is 12.1 Å². The lowest BCUT2D eigenvalue weighted by Crippen LogP contribution is -2.37. The quantitative estimate of drug-likeness (QED) is 0.658. The SMILES string of the molecule is N#Cc1ccccc1N(S(=O)(=O)c1ccccc1)S(=O)(=O)c1ccccc1. The van der Waals surface area contributed by atoms with Crippen molar-refractivity contribution in [2.24, 2.45) is 0 Å². The standard InChI is InChI=1S/C19H14N2O4S2/c20-15-16-9-7-8-14-19(16)21(26(22,23)17-10-3-1-4-11-17)27(24,25)18-12-5-2-6-13-18/h1-14H. The van der Waals surface area contributed by atoms with E-state index in [0.29, 0.717) is 3.71 Å². The minimum absolute atomic E-state index is 0.0727. The van der Waals surface area contributed by atoms with E-state index in [1.807, 2.05) is 6.07 Å². The molecule has 0 bridgehead atoms. The van der Waals surface area contributed by atoms with Crippen molar-refractivity contribution in [3.8, 4) is 6.07 Å². The molecule has 0 radical (unpaired) electrons. The van der Waals surface area contributed by atoms with Gasteiger partial charge in [-0.1, -0.05) is 48.5 Å². The number of nitrogens with zero attached hydrogens (tertiary/aromatic N) is 2. The van der Waals surface area contributed by atoms with Gasteiger partial charge in [0.15, 0.2) is 0 Å². The van der Waals surface area contributed by atoms with E-state index in [-0.39, 0.29) is 21.0 Å². The van der Waals surface area contributed by atoms with Gasteiger partial charge in [0, 0.05) is 0 Å². The van der Waals surface area contributed by atoms with Gasteiger partial charge >= 0.3 is 0 Å². The minimum atomic E-state index is -4.50. The highest BCUT2D eigenvalue weighted by Crippen LogP contribution is 2.32. The molecule has 0 aliphatic heterocycles. The Balaban J connectivity index is 2.34. The van der Waals surface area contributed by atoms with E-state index in [0.717, 1.165) is 0 Å². The number of nitriles is 1. The zero-order valence-electron chi connectivity index (χ0n) is 13.9. The molecule has 27 heavy (non-hydrogen) atoms. The number of sulfonamides is 2. The molecular weight excluding hydrogens is 384 g/mol. The molecule has 0 fully saturated rings. The van der Waals surface area contributed by atoms with Crippen molar-refractivity contribution in [1.29, 1.82) is 5.26 Å². The van der Waals surface area contributed by atoms with E-state index in [4.69, 9.17) is 0 Å². The van der Waals surface area contributed by atoms with E-state index < -0.39 is 20.0 Å². The Morgan fingerprint density at radius 3 is 1.48 bits per heavy atom. The smallest absolute Gasteiger partial charge is 0.200 e. The van der Waals surface area contributed by atoms with Crippen LogP contribution >= 0.6 is 0 Å². The van der Waals surface area contributed by atoms with Gasteiger partial charge in [0.1, 0.15) is 6.07 Å². The lowest BCUT2D eigenvalue weighted by atomic mass is 10.2. The Hall–Kier alpha value is -3.15. The summed E-state index contributed by atoms with van der Waals surface area (Å²) in [5.74, 6) is 0. The summed E-state index contributed by atoms with van der Waals surface area (Å²) >= 11 is 0. The lowest BCUT2D eigenvalue weighted by Gasteiger charge is -2.24. The van der Waals surface area contributed by atoms with Gasteiger partial charge in [0.25, 0.3) is 20.0 Å². The topological polar surface area (TPSA) is 95.3 Å². The van der Waals surface area contributed by atoms with Crippen LogP contribution in [-0.2, 0) is 20.0 Å². The molecule has 0 saturated heterocycles. The number of hydrogen-bond donors (Lipinski definition) is 0. The first kappa shape index (κ1) is 18.6. The van der Waals surface area contributed by atoms with E-state index in [2.05, 4.69) is 0 Å². The van der Waals surface area contributed by atoms with Gasteiger partial charge in [-0.25, -0.2) is 16.8 Å².